The summed E-state index contributed by atoms with van der Waals surface area (Å²) in [6.07, 6.45) is 2.67. The lowest BCUT2D eigenvalue weighted by Gasteiger charge is -1.96. The molecule has 1 N–H and O–H groups in total. The van der Waals surface area contributed by atoms with E-state index in [1.54, 1.807) is 6.07 Å². The van der Waals surface area contributed by atoms with E-state index in [2.05, 4.69) is 10.3 Å². The minimum atomic E-state index is -0.516. The van der Waals surface area contributed by atoms with Gasteiger partial charge in [-0.15, -0.1) is 0 Å². The summed E-state index contributed by atoms with van der Waals surface area (Å²) in [5.41, 5.74) is 0.928. The van der Waals surface area contributed by atoms with E-state index in [0.29, 0.717) is 20.9 Å². The van der Waals surface area contributed by atoms with Crippen LogP contribution in [0.3, 0.4) is 0 Å². The van der Waals surface area contributed by atoms with E-state index in [1.165, 1.54) is 48.6 Å². The van der Waals surface area contributed by atoms with Crippen molar-refractivity contribution in [1.82, 2.24) is 4.98 Å². The second-order valence-electron chi connectivity index (χ2n) is 5.10. The third-order valence-corrected chi connectivity index (χ3v) is 4.25. The number of hydrogen-bond acceptors (Lipinski definition) is 7. The molecular formula is C16H10N4O5S. The Morgan fingerprint density at radius 3 is 2.54 bits per heavy atom. The van der Waals surface area contributed by atoms with Crippen LogP contribution in [0.4, 0.5) is 16.5 Å². The molecule has 10 heteroatoms. The molecule has 0 fully saturated rings. The first-order chi connectivity index (χ1) is 12.4. The number of thiazole rings is 1. The zero-order valence-corrected chi connectivity index (χ0v) is 13.8. The molecule has 0 saturated heterocycles. The lowest BCUT2D eigenvalue weighted by Crippen LogP contribution is -2.07. The first-order valence-electron chi connectivity index (χ1n) is 7.21. The highest BCUT2D eigenvalue weighted by Gasteiger charge is 2.11. The number of hydrogen-bond donors (Lipinski definition) is 1. The van der Waals surface area contributed by atoms with E-state index >= 15 is 0 Å². The summed E-state index contributed by atoms with van der Waals surface area (Å²) in [6, 6.07) is 10.1. The number of rotatable bonds is 5. The second-order valence-corrected chi connectivity index (χ2v) is 6.13. The number of nitrogens with zero attached hydrogens (tertiary/aromatic N) is 3. The summed E-state index contributed by atoms with van der Waals surface area (Å²) in [4.78, 5) is 36.7. The first kappa shape index (κ1) is 17.2. The maximum Gasteiger partial charge on any atom is 0.270 e. The molecule has 0 unspecified atom stereocenters. The van der Waals surface area contributed by atoms with Crippen molar-refractivity contribution in [3.63, 3.8) is 0 Å². The van der Waals surface area contributed by atoms with Gasteiger partial charge < -0.3 is 0 Å². The number of amides is 1. The summed E-state index contributed by atoms with van der Waals surface area (Å²) >= 11 is 1.11. The normalized spacial score (nSPS) is 10.9. The Hall–Kier alpha value is -3.66. The smallest absolute Gasteiger partial charge is 0.270 e. The van der Waals surface area contributed by atoms with E-state index in [4.69, 9.17) is 0 Å². The molecule has 130 valence electrons. The van der Waals surface area contributed by atoms with Crippen molar-refractivity contribution < 1.29 is 14.6 Å². The average Bonchev–Trinajstić information content (AvgIpc) is 3.01. The SMILES string of the molecule is O=C(/C=C/c1cccc([N+](=O)[O-])c1)Nc1nc2ccc([N+](=O)[O-])cc2s1. The van der Waals surface area contributed by atoms with Gasteiger partial charge in [-0.05, 0) is 17.7 Å². The molecule has 3 aromatic rings. The molecule has 0 radical (unpaired) electrons. The van der Waals surface area contributed by atoms with Crippen LogP contribution in [-0.2, 0) is 4.79 Å². The predicted octanol–water partition coefficient (Wildman–Crippen LogP) is 3.76. The molecule has 3 rings (SSSR count). The molecule has 0 saturated carbocycles. The van der Waals surface area contributed by atoms with E-state index in [0.717, 1.165) is 11.3 Å². The second kappa shape index (κ2) is 7.07. The van der Waals surface area contributed by atoms with Crippen LogP contribution in [0.2, 0.25) is 0 Å². The van der Waals surface area contributed by atoms with Gasteiger partial charge in [0.05, 0.1) is 20.1 Å². The number of carbonyl (C=O) groups excluding carboxylic acids is 1. The lowest BCUT2D eigenvalue weighted by atomic mass is 10.2. The number of fused-ring (bicyclic) bond motifs is 1. The van der Waals surface area contributed by atoms with Gasteiger partial charge in [0, 0.05) is 30.3 Å². The van der Waals surface area contributed by atoms with E-state index in [9.17, 15) is 25.0 Å². The number of carbonyl (C=O) groups is 1. The topological polar surface area (TPSA) is 128 Å². The number of nitrogens with one attached hydrogen (secondary N) is 1. The minimum Gasteiger partial charge on any atom is -0.298 e. The number of nitro benzene ring substituents is 2. The van der Waals surface area contributed by atoms with Crippen LogP contribution in [0.1, 0.15) is 5.56 Å². The van der Waals surface area contributed by atoms with Crippen molar-refractivity contribution in [3.05, 3.63) is 74.3 Å². The molecule has 0 aliphatic carbocycles. The van der Waals surface area contributed by atoms with Gasteiger partial charge in [-0.1, -0.05) is 23.5 Å². The fraction of sp³-hybridized carbons (Fsp3) is 0. The molecule has 9 nitrogen and oxygen atoms in total. The van der Waals surface area contributed by atoms with Crippen molar-refractivity contribution in [2.75, 3.05) is 5.32 Å². The van der Waals surface area contributed by atoms with E-state index in [1.807, 2.05) is 0 Å². The standard InChI is InChI=1S/C16H10N4O5S/c21-15(7-4-10-2-1-3-11(8-10)19(22)23)18-16-17-13-6-5-12(20(24)25)9-14(13)26-16/h1-9H,(H,17,18,21)/b7-4+. The molecule has 26 heavy (non-hydrogen) atoms. The van der Waals surface area contributed by atoms with Crippen LogP contribution < -0.4 is 5.32 Å². The summed E-state index contributed by atoms with van der Waals surface area (Å²) in [5, 5.41) is 24.4. The largest absolute Gasteiger partial charge is 0.298 e. The number of benzene rings is 2. The lowest BCUT2D eigenvalue weighted by molar-refractivity contribution is -0.385. The van der Waals surface area contributed by atoms with Gasteiger partial charge >= 0.3 is 0 Å². The molecule has 0 atom stereocenters. The monoisotopic (exact) mass is 370 g/mol. The molecule has 0 bridgehead atoms. The van der Waals surface area contributed by atoms with Crippen molar-refractivity contribution in [3.8, 4) is 0 Å². The molecule has 0 spiro atoms. The van der Waals surface area contributed by atoms with Crippen LogP contribution in [0.5, 0.6) is 0 Å². The van der Waals surface area contributed by atoms with Gasteiger partial charge in [-0.2, -0.15) is 0 Å². The predicted molar refractivity (Wildman–Crippen MR) is 97.0 cm³/mol. The maximum absolute atomic E-state index is 12.0. The fourth-order valence-corrected chi connectivity index (χ4v) is 3.04. The Balaban J connectivity index is 1.73. The van der Waals surface area contributed by atoms with Crippen LogP contribution in [0, 0.1) is 20.2 Å². The molecule has 2 aromatic carbocycles. The van der Waals surface area contributed by atoms with Crippen LogP contribution in [0.15, 0.2) is 48.5 Å². The molecule has 1 heterocycles. The number of aromatic nitrogens is 1. The zero-order valence-electron chi connectivity index (χ0n) is 13.0. The van der Waals surface area contributed by atoms with Gasteiger partial charge in [0.25, 0.3) is 11.4 Å². The Morgan fingerprint density at radius 1 is 1.08 bits per heavy atom. The highest BCUT2D eigenvalue weighted by molar-refractivity contribution is 7.22. The molecular weight excluding hydrogens is 360 g/mol. The Morgan fingerprint density at radius 2 is 1.81 bits per heavy atom. The Bertz CT molecular complexity index is 1060. The number of non-ortho nitro benzene ring substituents is 2. The van der Waals surface area contributed by atoms with E-state index in [-0.39, 0.29) is 11.4 Å². The van der Waals surface area contributed by atoms with Crippen LogP contribution in [0.25, 0.3) is 16.3 Å². The van der Waals surface area contributed by atoms with Gasteiger partial charge in [0.1, 0.15) is 0 Å². The molecule has 0 aliphatic heterocycles. The van der Waals surface area contributed by atoms with Crippen molar-refractivity contribution in [2.45, 2.75) is 0 Å². The van der Waals surface area contributed by atoms with Gasteiger partial charge in [-0.3, -0.25) is 30.3 Å². The number of anilines is 1. The summed E-state index contributed by atoms with van der Waals surface area (Å²) < 4.78 is 0.581. The van der Waals surface area contributed by atoms with Crippen molar-refractivity contribution >= 4 is 50.0 Å². The van der Waals surface area contributed by atoms with Gasteiger partial charge in [0.15, 0.2) is 5.13 Å². The van der Waals surface area contributed by atoms with Crippen LogP contribution >= 0.6 is 11.3 Å². The summed E-state index contributed by atoms with van der Waals surface area (Å²) in [7, 11) is 0. The van der Waals surface area contributed by atoms with E-state index < -0.39 is 15.8 Å². The molecule has 1 amide bonds. The number of nitro groups is 2. The van der Waals surface area contributed by atoms with Crippen LogP contribution in [-0.4, -0.2) is 20.7 Å². The molecule has 1 aromatic heterocycles. The maximum atomic E-state index is 12.0. The fourth-order valence-electron chi connectivity index (χ4n) is 2.14. The molecule has 0 aliphatic rings. The highest BCUT2D eigenvalue weighted by atomic mass is 32.1. The Kier molecular flexibility index (Phi) is 4.67. The highest BCUT2D eigenvalue weighted by Crippen LogP contribution is 2.29. The Labute approximate surface area is 149 Å². The van der Waals surface area contributed by atoms with Gasteiger partial charge in [0.2, 0.25) is 5.91 Å². The van der Waals surface area contributed by atoms with Gasteiger partial charge in [-0.25, -0.2) is 4.98 Å². The summed E-state index contributed by atoms with van der Waals surface area (Å²) in [6.45, 7) is 0. The van der Waals surface area contributed by atoms with Crippen molar-refractivity contribution in [1.29, 1.82) is 0 Å². The quantitative estimate of drug-likeness (QED) is 0.413. The van der Waals surface area contributed by atoms with Crippen molar-refractivity contribution in [2.24, 2.45) is 0 Å². The average molecular weight is 370 g/mol. The zero-order chi connectivity index (χ0) is 18.7. The third-order valence-electron chi connectivity index (χ3n) is 3.32. The minimum absolute atomic E-state index is 0.0513. The first-order valence-corrected chi connectivity index (χ1v) is 8.02. The summed E-state index contributed by atoms with van der Waals surface area (Å²) in [5.74, 6) is -0.468. The third kappa shape index (κ3) is 3.87.